The summed E-state index contributed by atoms with van der Waals surface area (Å²) in [4.78, 5) is 0. The molecule has 0 atom stereocenters. The summed E-state index contributed by atoms with van der Waals surface area (Å²) in [5.74, 6) is 0. The lowest BCUT2D eigenvalue weighted by atomic mass is 10.2. The number of hydrogen-bond donors (Lipinski definition) is 1. The number of nitrogens with one attached hydrogen (secondary N) is 1. The first-order valence-corrected chi connectivity index (χ1v) is 5.90. The average Bonchev–Trinajstić information content (AvgIpc) is 2.33. The van der Waals surface area contributed by atoms with Crippen molar-refractivity contribution in [2.24, 2.45) is 0 Å². The Morgan fingerprint density at radius 2 is 1.50 bits per heavy atom. The molecule has 0 aliphatic carbocycles. The van der Waals surface area contributed by atoms with E-state index in [0.29, 0.717) is 0 Å². The molecular formula is C14H14NSi. The third-order valence-electron chi connectivity index (χ3n) is 2.50. The highest BCUT2D eigenvalue weighted by Gasteiger charge is 1.96. The van der Waals surface area contributed by atoms with Crippen LogP contribution >= 0.6 is 0 Å². The van der Waals surface area contributed by atoms with Crippen molar-refractivity contribution >= 4 is 15.4 Å². The van der Waals surface area contributed by atoms with Gasteiger partial charge in [-0.3, -0.25) is 0 Å². The van der Waals surface area contributed by atoms with Gasteiger partial charge >= 0.3 is 0 Å². The zero-order chi connectivity index (χ0) is 11.2. The van der Waals surface area contributed by atoms with E-state index in [1.165, 1.54) is 11.1 Å². The van der Waals surface area contributed by atoms with Crippen LogP contribution in [0, 0.1) is 0 Å². The van der Waals surface area contributed by atoms with Crippen LogP contribution in [0.3, 0.4) is 0 Å². The SMILES string of the molecule is [Si]c1ccccc1CNCc1ccccc1. The molecule has 3 radical (unpaired) electrons. The van der Waals surface area contributed by atoms with Crippen LogP contribution in [0.2, 0.25) is 0 Å². The molecule has 0 aliphatic rings. The Morgan fingerprint density at radius 3 is 2.25 bits per heavy atom. The third kappa shape index (κ3) is 3.05. The molecule has 0 spiro atoms. The Kier molecular flexibility index (Phi) is 3.91. The molecule has 79 valence electrons. The molecule has 2 aromatic carbocycles. The maximum absolute atomic E-state index is 3.59. The summed E-state index contributed by atoms with van der Waals surface area (Å²) in [6, 6.07) is 18.7. The van der Waals surface area contributed by atoms with Crippen LogP contribution in [-0.2, 0) is 13.1 Å². The van der Waals surface area contributed by atoms with E-state index < -0.39 is 0 Å². The van der Waals surface area contributed by atoms with Crippen LogP contribution in [0.1, 0.15) is 11.1 Å². The van der Waals surface area contributed by atoms with Gasteiger partial charge in [0.15, 0.2) is 0 Å². The summed E-state index contributed by atoms with van der Waals surface area (Å²) >= 11 is 0. The van der Waals surface area contributed by atoms with Crippen LogP contribution in [0.15, 0.2) is 54.6 Å². The van der Waals surface area contributed by atoms with E-state index in [1.54, 1.807) is 0 Å². The van der Waals surface area contributed by atoms with Crippen molar-refractivity contribution in [3.8, 4) is 0 Å². The van der Waals surface area contributed by atoms with E-state index >= 15 is 0 Å². The number of hydrogen-bond acceptors (Lipinski definition) is 1. The minimum absolute atomic E-state index is 0.883. The van der Waals surface area contributed by atoms with Crippen molar-refractivity contribution < 1.29 is 0 Å². The second-order valence-electron chi connectivity index (χ2n) is 3.75. The van der Waals surface area contributed by atoms with Crippen LogP contribution in [0.4, 0.5) is 0 Å². The maximum atomic E-state index is 3.59. The molecular weight excluding hydrogens is 210 g/mol. The summed E-state index contributed by atoms with van der Waals surface area (Å²) in [6.45, 7) is 1.79. The average molecular weight is 224 g/mol. The highest BCUT2D eigenvalue weighted by Crippen LogP contribution is 1.99. The second-order valence-corrected chi connectivity index (χ2v) is 4.28. The summed E-state index contributed by atoms with van der Waals surface area (Å²) in [5.41, 5.74) is 2.60. The molecule has 2 heteroatoms. The molecule has 0 fully saturated rings. The van der Waals surface area contributed by atoms with Gasteiger partial charge in [-0.1, -0.05) is 59.8 Å². The molecule has 0 saturated carbocycles. The van der Waals surface area contributed by atoms with Gasteiger partial charge in [0, 0.05) is 13.1 Å². The Bertz CT molecular complexity index is 439. The predicted molar refractivity (Wildman–Crippen MR) is 68.8 cm³/mol. The minimum atomic E-state index is 0.883. The van der Waals surface area contributed by atoms with E-state index in [0.717, 1.165) is 18.3 Å². The van der Waals surface area contributed by atoms with Crippen LogP contribution in [0.25, 0.3) is 0 Å². The van der Waals surface area contributed by atoms with Crippen molar-refractivity contribution in [3.05, 3.63) is 65.7 Å². The van der Waals surface area contributed by atoms with Gasteiger partial charge in [0.05, 0.1) is 10.2 Å². The van der Waals surface area contributed by atoms with Crippen molar-refractivity contribution in [1.29, 1.82) is 0 Å². The van der Waals surface area contributed by atoms with Gasteiger partial charge in [-0.25, -0.2) is 0 Å². The fraction of sp³-hybridized carbons (Fsp3) is 0.143. The summed E-state index contributed by atoms with van der Waals surface area (Å²) in [5, 5.41) is 4.58. The van der Waals surface area contributed by atoms with Gasteiger partial charge in [-0.05, 0) is 11.1 Å². The van der Waals surface area contributed by atoms with E-state index in [9.17, 15) is 0 Å². The molecule has 0 heterocycles. The van der Waals surface area contributed by atoms with Gasteiger partial charge in [0.25, 0.3) is 0 Å². The van der Waals surface area contributed by atoms with Gasteiger partial charge in [-0.2, -0.15) is 0 Å². The number of rotatable bonds is 4. The predicted octanol–water partition coefficient (Wildman–Crippen LogP) is 1.77. The smallest absolute Gasteiger partial charge is 0.0716 e. The Morgan fingerprint density at radius 1 is 0.812 bits per heavy atom. The number of benzene rings is 2. The van der Waals surface area contributed by atoms with Crippen LogP contribution in [-0.4, -0.2) is 10.2 Å². The molecule has 0 aliphatic heterocycles. The largest absolute Gasteiger partial charge is 0.309 e. The lowest BCUT2D eigenvalue weighted by molar-refractivity contribution is 0.695. The van der Waals surface area contributed by atoms with Crippen molar-refractivity contribution in [2.45, 2.75) is 13.1 Å². The first kappa shape index (κ1) is 11.1. The van der Waals surface area contributed by atoms with Crippen molar-refractivity contribution in [1.82, 2.24) is 5.32 Å². The van der Waals surface area contributed by atoms with Crippen molar-refractivity contribution in [3.63, 3.8) is 0 Å². The van der Waals surface area contributed by atoms with Crippen molar-refractivity contribution in [2.75, 3.05) is 0 Å². The maximum Gasteiger partial charge on any atom is 0.0716 e. The van der Waals surface area contributed by atoms with Gasteiger partial charge in [0.1, 0.15) is 0 Å². The highest BCUT2D eigenvalue weighted by atomic mass is 28.1. The fourth-order valence-corrected chi connectivity index (χ4v) is 1.88. The lowest BCUT2D eigenvalue weighted by Crippen LogP contribution is -2.19. The van der Waals surface area contributed by atoms with Gasteiger partial charge in [0.2, 0.25) is 0 Å². The summed E-state index contributed by atoms with van der Waals surface area (Å²) < 4.78 is 0. The molecule has 16 heavy (non-hydrogen) atoms. The second kappa shape index (κ2) is 5.63. The molecule has 1 nitrogen and oxygen atoms in total. The fourth-order valence-electron chi connectivity index (χ4n) is 1.61. The Balaban J connectivity index is 1.87. The first-order valence-electron chi connectivity index (χ1n) is 5.40. The topological polar surface area (TPSA) is 12.0 Å². The molecule has 0 amide bonds. The van der Waals surface area contributed by atoms with Gasteiger partial charge in [-0.15, -0.1) is 0 Å². The standard InChI is InChI=1S/C14H14NSi/c16-14-9-5-4-8-13(14)11-15-10-12-6-2-1-3-7-12/h1-9,15H,10-11H2. The Labute approximate surface area is 99.9 Å². The van der Waals surface area contributed by atoms with E-state index in [1.807, 2.05) is 12.1 Å². The summed E-state index contributed by atoms with van der Waals surface area (Å²) in [7, 11) is 3.59. The molecule has 0 aromatic heterocycles. The highest BCUT2D eigenvalue weighted by molar-refractivity contribution is 6.33. The third-order valence-corrected chi connectivity index (χ3v) is 2.99. The lowest BCUT2D eigenvalue weighted by Gasteiger charge is -2.07. The minimum Gasteiger partial charge on any atom is -0.309 e. The van der Waals surface area contributed by atoms with Gasteiger partial charge < -0.3 is 5.32 Å². The van der Waals surface area contributed by atoms with E-state index in [4.69, 9.17) is 0 Å². The zero-order valence-electron chi connectivity index (χ0n) is 9.11. The molecule has 2 aromatic rings. The Hall–Kier alpha value is -1.38. The van der Waals surface area contributed by atoms with Crippen LogP contribution in [0.5, 0.6) is 0 Å². The molecule has 1 N–H and O–H groups in total. The zero-order valence-corrected chi connectivity index (χ0v) is 10.1. The first-order chi connectivity index (χ1) is 7.86. The quantitative estimate of drug-likeness (QED) is 0.781. The monoisotopic (exact) mass is 224 g/mol. The normalized spacial score (nSPS) is 10.3. The summed E-state index contributed by atoms with van der Waals surface area (Å²) in [6.07, 6.45) is 0. The molecule has 2 rings (SSSR count). The van der Waals surface area contributed by atoms with Crippen LogP contribution < -0.4 is 10.5 Å². The molecule has 0 saturated heterocycles. The molecule has 0 unspecified atom stereocenters. The van der Waals surface area contributed by atoms with E-state index in [2.05, 4.69) is 58.0 Å². The van der Waals surface area contributed by atoms with E-state index in [-0.39, 0.29) is 0 Å². The molecule has 0 bridgehead atoms.